The molecule has 1 atom stereocenters. The van der Waals surface area contributed by atoms with Crippen LogP contribution in [0, 0.1) is 0 Å². The molecule has 0 aromatic rings. The fraction of sp³-hybridized carbons (Fsp3) is 0.870. The second-order valence-corrected chi connectivity index (χ2v) is 9.35. The van der Waals surface area contributed by atoms with E-state index in [1.54, 1.807) is 0 Å². The van der Waals surface area contributed by atoms with E-state index in [1.165, 1.54) is 4.90 Å². The first-order valence-corrected chi connectivity index (χ1v) is 13.9. The summed E-state index contributed by atoms with van der Waals surface area (Å²) in [6.45, 7) is 9.57. The minimum Gasteiger partial charge on any atom is -0.379 e. The Morgan fingerprint density at radius 1 is 0.778 bits per heavy atom. The van der Waals surface area contributed by atoms with Crippen LogP contribution >= 0.6 is 0 Å². The van der Waals surface area contributed by atoms with Crippen molar-refractivity contribution in [3.8, 4) is 0 Å². The molecule has 13 heteroatoms. The third kappa shape index (κ3) is 17.3. The van der Waals surface area contributed by atoms with Gasteiger partial charge in [0, 0.05) is 32.5 Å². The van der Waals surface area contributed by atoms with E-state index in [-0.39, 0.29) is 41.9 Å². The van der Waals surface area contributed by atoms with Crippen molar-refractivity contribution in [3.63, 3.8) is 0 Å². The van der Waals surface area contributed by atoms with Crippen LogP contribution in [0.15, 0.2) is 0 Å². The maximum Gasteiger partial charge on any atom is 0.232 e. The summed E-state index contributed by atoms with van der Waals surface area (Å²) in [6, 6.07) is 0. The van der Waals surface area contributed by atoms with Crippen LogP contribution < -0.4 is 5.32 Å². The van der Waals surface area contributed by atoms with Gasteiger partial charge >= 0.3 is 0 Å². The van der Waals surface area contributed by atoms with Gasteiger partial charge in [0.05, 0.1) is 85.9 Å². The monoisotopic (exact) mass is 534 g/mol. The first-order chi connectivity index (χ1) is 17.6. The van der Waals surface area contributed by atoms with Crippen molar-refractivity contribution >= 4 is 34.0 Å². The van der Waals surface area contributed by atoms with E-state index in [1.807, 2.05) is 6.92 Å². The molecule has 12 nitrogen and oxygen atoms in total. The molecule has 1 heterocycles. The normalized spacial score (nSPS) is 15.7. The average molecular weight is 535 g/mol. The summed E-state index contributed by atoms with van der Waals surface area (Å²) >= 11 is 0.659. The first-order valence-electron chi connectivity index (χ1n) is 12.7. The summed E-state index contributed by atoms with van der Waals surface area (Å²) in [5.41, 5.74) is 0. The molecule has 1 rings (SSSR count). The highest BCUT2D eigenvalue weighted by Gasteiger charge is 2.34. The summed E-state index contributed by atoms with van der Waals surface area (Å²) in [5.74, 6) is -0.531. The maximum absolute atomic E-state index is 11.8. The number of ether oxygens (including phenoxy) is 7. The quantitative estimate of drug-likeness (QED) is 0.0867. The lowest BCUT2D eigenvalue weighted by molar-refractivity contribution is -0.138. The third-order valence-electron chi connectivity index (χ3n) is 5.04. The minimum atomic E-state index is -0.209. The van der Waals surface area contributed by atoms with Crippen molar-refractivity contribution in [1.29, 1.82) is 0 Å². The lowest BCUT2D eigenvalue weighted by atomic mass is 10.3. The van der Waals surface area contributed by atoms with Crippen molar-refractivity contribution in [3.05, 3.63) is 0 Å². The van der Waals surface area contributed by atoms with E-state index < -0.39 is 0 Å². The van der Waals surface area contributed by atoms with Crippen LogP contribution in [-0.4, -0.2) is 144 Å². The van der Waals surface area contributed by atoms with Crippen LogP contribution in [0.4, 0.5) is 0 Å². The molecule has 1 unspecified atom stereocenters. The Morgan fingerprint density at radius 2 is 1.19 bits per heavy atom. The number of carbonyl (C=O) groups excluding carboxylic acids is 3. The molecular weight excluding hydrogens is 491 g/mol. The second-order valence-electron chi connectivity index (χ2n) is 7.96. The summed E-state index contributed by atoms with van der Waals surface area (Å²) in [5, 5.41) is 2.71. The van der Waals surface area contributed by atoms with Crippen molar-refractivity contribution < 1.29 is 47.5 Å². The Bertz CT molecular complexity index is 599. The molecule has 0 bridgehead atoms. The predicted octanol–water partition coefficient (Wildman–Crippen LogP) is -1.19. The molecule has 0 aliphatic carbocycles. The highest BCUT2D eigenvalue weighted by atomic mass is 27.0. The fourth-order valence-electron chi connectivity index (χ4n) is 3.11. The van der Waals surface area contributed by atoms with Gasteiger partial charge in [0.1, 0.15) is 0 Å². The first kappa shape index (κ1) is 32.9. The zero-order valence-corrected chi connectivity index (χ0v) is 23.8. The number of likely N-dealkylation sites (tertiary alicyclic amines) is 1. The molecule has 36 heavy (non-hydrogen) atoms. The fourth-order valence-corrected chi connectivity index (χ4v) is 3.77. The molecule has 0 spiro atoms. The van der Waals surface area contributed by atoms with E-state index in [0.29, 0.717) is 115 Å². The highest BCUT2D eigenvalue weighted by molar-refractivity contribution is 6.29. The highest BCUT2D eigenvalue weighted by Crippen LogP contribution is 2.21. The van der Waals surface area contributed by atoms with Crippen LogP contribution in [0.1, 0.15) is 19.8 Å². The molecule has 3 amide bonds. The summed E-state index contributed by atoms with van der Waals surface area (Å²) in [4.78, 5) is 36.6. The van der Waals surface area contributed by atoms with Gasteiger partial charge in [-0.3, -0.25) is 19.3 Å². The number of rotatable bonds is 25. The van der Waals surface area contributed by atoms with Gasteiger partial charge in [-0.05, 0) is 11.7 Å². The van der Waals surface area contributed by atoms with Crippen LogP contribution in [0.2, 0.25) is 4.78 Å². The van der Waals surface area contributed by atoms with Gasteiger partial charge < -0.3 is 38.5 Å². The van der Waals surface area contributed by atoms with Crippen LogP contribution in [0.5, 0.6) is 0 Å². The van der Waals surface area contributed by atoms with Gasteiger partial charge in [0.15, 0.2) is 0 Å². The number of hydrogen-bond donors (Lipinski definition) is 1. The van der Waals surface area contributed by atoms with Gasteiger partial charge in [-0.2, -0.15) is 0 Å². The van der Waals surface area contributed by atoms with Crippen LogP contribution in [-0.2, 0) is 47.5 Å². The smallest absolute Gasteiger partial charge is 0.232 e. The zero-order valence-electron chi connectivity index (χ0n) is 21.8. The molecule has 0 aromatic heterocycles. The van der Waals surface area contributed by atoms with E-state index in [4.69, 9.17) is 33.2 Å². The molecule has 0 aromatic carbocycles. The van der Waals surface area contributed by atoms with Gasteiger partial charge in [0.25, 0.3) is 0 Å². The van der Waals surface area contributed by atoms with E-state index >= 15 is 0 Å². The van der Waals surface area contributed by atoms with Crippen molar-refractivity contribution in [2.45, 2.75) is 24.5 Å². The van der Waals surface area contributed by atoms with E-state index in [9.17, 15) is 14.4 Å². The zero-order chi connectivity index (χ0) is 26.3. The summed E-state index contributed by atoms with van der Waals surface area (Å²) < 4.78 is 37.4. The van der Waals surface area contributed by atoms with Gasteiger partial charge in [0.2, 0.25) is 34.0 Å². The van der Waals surface area contributed by atoms with E-state index in [0.717, 1.165) is 0 Å². The Hall–Kier alpha value is -1.14. The Labute approximate surface area is 222 Å². The molecule has 208 valence electrons. The molecular formula is C23H43AlN2O10. The topological polar surface area (TPSA) is 131 Å². The number of amides is 3. The standard InChI is InChI=1S/C23H41N2O10.Al.2H/c1-2-29-9-10-31-13-14-33-17-18-35-20-19-34-16-15-32-12-11-30-8-6-24-21(26)5-7-25-22(27)3-4-23(25)28;;;/h3H,2,4-20H2,1H3,(H,24,26);;;. The van der Waals surface area contributed by atoms with E-state index in [2.05, 4.69) is 5.32 Å². The molecule has 1 aliphatic heterocycles. The van der Waals surface area contributed by atoms with Gasteiger partial charge in [-0.25, -0.2) is 0 Å². The van der Waals surface area contributed by atoms with Crippen LogP contribution in [0.25, 0.3) is 0 Å². The minimum absolute atomic E-state index is 0.110. The molecule has 1 fully saturated rings. The lowest BCUT2D eigenvalue weighted by Gasteiger charge is -2.14. The Morgan fingerprint density at radius 3 is 1.58 bits per heavy atom. The second kappa shape index (κ2) is 23.0. The Kier molecular flexibility index (Phi) is 21.0. The van der Waals surface area contributed by atoms with Crippen molar-refractivity contribution in [2.75, 3.05) is 106 Å². The molecule has 1 saturated heterocycles. The predicted molar refractivity (Wildman–Crippen MR) is 133 cm³/mol. The SMILES string of the molecule is CCOCCOCCOCCOCCOCCOCCOCCNC(=O)CCN1C(=O)C[CH]([AlH2])C1=O. The number of carbonyl (C=O) groups is 3. The van der Waals surface area contributed by atoms with Gasteiger partial charge in [-0.15, -0.1) is 0 Å². The van der Waals surface area contributed by atoms with Crippen molar-refractivity contribution in [1.82, 2.24) is 10.2 Å². The summed E-state index contributed by atoms with van der Waals surface area (Å²) in [6.07, 6.45) is 0.394. The average Bonchev–Trinajstić information content (AvgIpc) is 3.11. The number of imide groups is 1. The third-order valence-corrected chi connectivity index (χ3v) is 5.94. The maximum atomic E-state index is 11.8. The van der Waals surface area contributed by atoms with Gasteiger partial charge in [-0.1, -0.05) is 0 Å². The summed E-state index contributed by atoms with van der Waals surface area (Å²) in [7, 11) is 0. The molecule has 1 aliphatic rings. The Balaban J connectivity index is 1.74. The largest absolute Gasteiger partial charge is 0.379 e. The molecule has 0 radical (unpaired) electrons. The number of nitrogens with one attached hydrogen (secondary N) is 1. The van der Waals surface area contributed by atoms with Crippen molar-refractivity contribution in [2.24, 2.45) is 0 Å². The number of nitrogens with zero attached hydrogens (tertiary/aromatic N) is 1. The molecule has 0 saturated carbocycles. The van der Waals surface area contributed by atoms with Crippen LogP contribution in [0.3, 0.4) is 0 Å². The molecule has 1 N–H and O–H groups in total. The lowest BCUT2D eigenvalue weighted by Crippen LogP contribution is -2.35. The number of hydrogen-bond acceptors (Lipinski definition) is 10.